The number of alkyl halides is 3. The second-order valence-corrected chi connectivity index (χ2v) is 20.1. The number of allylic oxidation sites excluding steroid dienone is 1. The van der Waals surface area contributed by atoms with E-state index in [4.69, 9.17) is 19.2 Å². The lowest BCUT2D eigenvalue weighted by molar-refractivity contribution is -0.220. The summed E-state index contributed by atoms with van der Waals surface area (Å²) in [5.74, 6) is -2.39. The fourth-order valence-corrected chi connectivity index (χ4v) is 10.3. The van der Waals surface area contributed by atoms with Crippen LogP contribution in [0.1, 0.15) is 96.2 Å². The number of nitrogens with one attached hydrogen (secondary N) is 2. The van der Waals surface area contributed by atoms with Gasteiger partial charge >= 0.3 is 12.3 Å². The molecule has 3 fully saturated rings. The van der Waals surface area contributed by atoms with Gasteiger partial charge in [0.25, 0.3) is 5.91 Å². The number of hydrogen-bond acceptors (Lipinski definition) is 10. The SMILES string of the molecule is COCCOc1ccc2nc(C)c3c(c2c1)CC[C@]1(C[C@H]2C(=O)N[C@]4(C(=O)NS(=O)(=O)C5(C)CC5)C[C@H]4/C=C\CCCCC[C@H](N(C(=O)O)C(C)(C)C(F)(F)F)C(=O)N2C1)O3. The molecule has 0 radical (unpaired) electrons. The van der Waals surface area contributed by atoms with E-state index < -0.39 is 79.4 Å². The summed E-state index contributed by atoms with van der Waals surface area (Å²) in [6.45, 7) is 5.07. The minimum atomic E-state index is -5.08. The molecule has 3 N–H and O–H groups in total. The number of nitrogens with zero attached hydrogens (tertiary/aromatic N) is 3. The molecule has 5 aliphatic rings. The zero-order chi connectivity index (χ0) is 44.3. The van der Waals surface area contributed by atoms with E-state index in [1.807, 2.05) is 12.1 Å². The summed E-state index contributed by atoms with van der Waals surface area (Å²) < 4.78 is 89.3. The second-order valence-electron chi connectivity index (χ2n) is 17.9. The first-order chi connectivity index (χ1) is 28.6. The first-order valence-electron chi connectivity index (χ1n) is 20.8. The maximum atomic E-state index is 15.0. The van der Waals surface area contributed by atoms with Crippen molar-refractivity contribution in [3.05, 3.63) is 41.6 Å². The van der Waals surface area contributed by atoms with Crippen LogP contribution in [0.4, 0.5) is 18.0 Å². The quantitative estimate of drug-likeness (QED) is 0.218. The van der Waals surface area contributed by atoms with Gasteiger partial charge < -0.3 is 29.5 Å². The number of carbonyl (C=O) groups excluding carboxylic acids is 3. The van der Waals surface area contributed by atoms with E-state index in [9.17, 15) is 41.1 Å². The number of rotatable bonds is 9. The lowest BCUT2D eigenvalue weighted by atomic mass is 9.87. The molecule has 2 aliphatic carbocycles. The molecule has 15 nitrogen and oxygen atoms in total. The van der Waals surface area contributed by atoms with Crippen molar-refractivity contribution in [3.8, 4) is 11.5 Å². The Labute approximate surface area is 352 Å². The van der Waals surface area contributed by atoms with Crippen LogP contribution < -0.4 is 19.5 Å². The van der Waals surface area contributed by atoms with Crippen molar-refractivity contribution >= 4 is 44.7 Å². The second kappa shape index (κ2) is 15.9. The molecule has 4 heterocycles. The fourth-order valence-electron chi connectivity index (χ4n) is 8.99. The van der Waals surface area contributed by atoms with E-state index in [0.29, 0.717) is 88.3 Å². The number of aryl methyl sites for hydroxylation is 2. The summed E-state index contributed by atoms with van der Waals surface area (Å²) >= 11 is 0. The van der Waals surface area contributed by atoms with Gasteiger partial charge in [-0.2, -0.15) is 13.2 Å². The minimum Gasteiger partial charge on any atom is -0.491 e. The number of methoxy groups -OCH3 is 1. The predicted octanol–water partition coefficient (Wildman–Crippen LogP) is 5.32. The highest BCUT2D eigenvalue weighted by atomic mass is 32.2. The molecule has 0 unspecified atom stereocenters. The third-order valence-corrected chi connectivity index (χ3v) is 15.4. The van der Waals surface area contributed by atoms with Crippen molar-refractivity contribution in [2.24, 2.45) is 5.92 Å². The largest absolute Gasteiger partial charge is 0.491 e. The average molecular weight is 878 g/mol. The molecule has 3 aliphatic heterocycles. The summed E-state index contributed by atoms with van der Waals surface area (Å²) in [6, 6.07) is 2.16. The summed E-state index contributed by atoms with van der Waals surface area (Å²) in [5.41, 5.74) is -4.00. The normalized spacial score (nSPS) is 28.3. The van der Waals surface area contributed by atoms with Gasteiger partial charge in [0.05, 0.1) is 29.1 Å². The number of ether oxygens (including phenoxy) is 3. The van der Waals surface area contributed by atoms with E-state index in [-0.39, 0.29) is 43.5 Å². The lowest BCUT2D eigenvalue weighted by Crippen LogP contribution is -2.65. The van der Waals surface area contributed by atoms with Crippen molar-refractivity contribution < 1.29 is 60.1 Å². The lowest BCUT2D eigenvalue weighted by Gasteiger charge is -2.43. The van der Waals surface area contributed by atoms with Gasteiger partial charge in [0, 0.05) is 30.4 Å². The Kier molecular flexibility index (Phi) is 11.6. The summed E-state index contributed by atoms with van der Waals surface area (Å²) in [7, 11) is -2.55. The van der Waals surface area contributed by atoms with Crippen molar-refractivity contribution in [2.75, 3.05) is 26.9 Å². The topological polar surface area (TPSA) is 194 Å². The Hall–Kier alpha value is -4.65. The van der Waals surface area contributed by atoms with E-state index in [1.165, 1.54) is 6.92 Å². The Balaban J connectivity index is 1.28. The first-order valence-corrected chi connectivity index (χ1v) is 22.3. The Morgan fingerprint density at radius 2 is 1.85 bits per heavy atom. The molecule has 7 rings (SSSR count). The molecule has 0 bridgehead atoms. The predicted molar refractivity (Wildman–Crippen MR) is 215 cm³/mol. The van der Waals surface area contributed by atoms with Gasteiger partial charge in [-0.3, -0.25) is 24.0 Å². The molecule has 2 aromatic rings. The highest BCUT2D eigenvalue weighted by Gasteiger charge is 2.64. The third kappa shape index (κ3) is 8.23. The highest BCUT2D eigenvalue weighted by molar-refractivity contribution is 7.91. The van der Waals surface area contributed by atoms with Gasteiger partial charge in [-0.05, 0) is 97.3 Å². The number of halogens is 3. The molecular formula is C42H54F3N5O10S. The van der Waals surface area contributed by atoms with Gasteiger partial charge in [0.15, 0.2) is 0 Å². The van der Waals surface area contributed by atoms with Crippen LogP contribution in [-0.2, 0) is 35.6 Å². The van der Waals surface area contributed by atoms with Gasteiger partial charge in [-0.25, -0.2) is 18.2 Å². The van der Waals surface area contributed by atoms with E-state index in [1.54, 1.807) is 32.3 Å². The molecule has 19 heteroatoms. The Bertz CT molecular complexity index is 2250. The number of aromatic nitrogens is 1. The van der Waals surface area contributed by atoms with Crippen LogP contribution in [0.3, 0.4) is 0 Å². The molecule has 5 atom stereocenters. The summed E-state index contributed by atoms with van der Waals surface area (Å²) in [4.78, 5) is 62.6. The van der Waals surface area contributed by atoms with Crippen LogP contribution in [0, 0.1) is 12.8 Å². The number of benzene rings is 1. The van der Waals surface area contributed by atoms with Gasteiger partial charge in [-0.15, -0.1) is 0 Å². The van der Waals surface area contributed by atoms with Crippen molar-refractivity contribution in [1.29, 1.82) is 0 Å². The molecule has 1 aromatic carbocycles. The van der Waals surface area contributed by atoms with Crippen molar-refractivity contribution in [2.45, 2.75) is 138 Å². The maximum absolute atomic E-state index is 15.0. The Morgan fingerprint density at radius 1 is 1.11 bits per heavy atom. The molecule has 61 heavy (non-hydrogen) atoms. The molecule has 2 saturated carbocycles. The first kappa shape index (κ1) is 44.4. The number of fused-ring (bicyclic) bond motifs is 5. The molecule has 1 aromatic heterocycles. The monoisotopic (exact) mass is 877 g/mol. The standard InChI is InChI=1S/C42H54F3N5O10S/c1-25-33-28(29-21-27(59-20-19-58-5)13-14-30(29)46-25)15-16-40(60-33)23-32-34(51)47-41(36(53)48-61(56,57)39(4)17-18-39)22-26(41)11-9-7-6-8-10-12-31(35(52)49(32)24-40)50(37(54)55)38(2,3)42(43,44)45/h9,11,13-14,21,26,31-32H,6-8,10,12,15-20,22-24H2,1-5H3,(H,47,51)(H,48,53)(H,54,55)/b11-9-/t26-,31+,32+,40-,41-/m1/s1. The van der Waals surface area contributed by atoms with Crippen LogP contribution in [0.25, 0.3) is 10.9 Å². The average Bonchev–Trinajstić information content (AvgIpc) is 4.07. The van der Waals surface area contributed by atoms with Crippen LogP contribution in [0.2, 0.25) is 0 Å². The fraction of sp³-hybridized carbons (Fsp3) is 0.643. The number of hydrogen-bond donors (Lipinski definition) is 3. The van der Waals surface area contributed by atoms with E-state index in [0.717, 1.165) is 15.8 Å². The number of amides is 4. The molecular weight excluding hydrogens is 824 g/mol. The molecule has 4 amide bonds. The van der Waals surface area contributed by atoms with Gasteiger partial charge in [0.1, 0.15) is 46.9 Å². The van der Waals surface area contributed by atoms with Crippen molar-refractivity contribution in [1.82, 2.24) is 24.8 Å². The number of carboxylic acid groups (broad SMARTS) is 1. The van der Waals surface area contributed by atoms with E-state index >= 15 is 4.79 Å². The van der Waals surface area contributed by atoms with Gasteiger partial charge in [-0.1, -0.05) is 25.0 Å². The van der Waals surface area contributed by atoms with Crippen molar-refractivity contribution in [3.63, 3.8) is 0 Å². The molecule has 1 saturated heterocycles. The number of pyridine rings is 1. The minimum absolute atomic E-state index is 0.0628. The summed E-state index contributed by atoms with van der Waals surface area (Å²) in [5, 5.41) is 14.0. The van der Waals surface area contributed by atoms with E-state index in [2.05, 4.69) is 10.0 Å². The molecule has 1 spiro atoms. The van der Waals surface area contributed by atoms with Crippen LogP contribution in [0.15, 0.2) is 30.4 Å². The molecule has 334 valence electrons. The van der Waals surface area contributed by atoms with Crippen LogP contribution in [-0.4, -0.2) is 119 Å². The Morgan fingerprint density at radius 3 is 2.52 bits per heavy atom. The van der Waals surface area contributed by atoms with Crippen LogP contribution >= 0.6 is 0 Å². The summed E-state index contributed by atoms with van der Waals surface area (Å²) in [6.07, 6.45) is -0.851. The zero-order valence-corrected chi connectivity index (χ0v) is 35.8. The maximum Gasteiger partial charge on any atom is 0.411 e. The highest BCUT2D eigenvalue weighted by Crippen LogP contribution is 2.49. The number of carbonyl (C=O) groups is 4. The third-order valence-electron chi connectivity index (χ3n) is 13.3. The van der Waals surface area contributed by atoms with Gasteiger partial charge in [0.2, 0.25) is 21.8 Å². The van der Waals surface area contributed by atoms with Crippen LogP contribution in [0.5, 0.6) is 11.5 Å². The smallest absolute Gasteiger partial charge is 0.411 e. The zero-order valence-electron chi connectivity index (χ0n) is 35.0. The number of sulfonamides is 1.